The second-order valence-electron chi connectivity index (χ2n) is 5.64. The first-order valence-electron chi connectivity index (χ1n) is 8.03. The van der Waals surface area contributed by atoms with E-state index >= 15 is 0 Å². The maximum absolute atomic E-state index is 13.4. The average Bonchev–Trinajstić information content (AvgIpc) is 3.32. The van der Waals surface area contributed by atoms with Crippen molar-refractivity contribution in [3.63, 3.8) is 0 Å². The van der Waals surface area contributed by atoms with Gasteiger partial charge in [-0.2, -0.15) is 0 Å². The Hall–Kier alpha value is -2.51. The van der Waals surface area contributed by atoms with Gasteiger partial charge in [0.2, 0.25) is 0 Å². The van der Waals surface area contributed by atoms with Crippen LogP contribution in [0.2, 0.25) is 0 Å². The van der Waals surface area contributed by atoms with Gasteiger partial charge in [-0.25, -0.2) is 9.37 Å². The number of halogens is 1. The summed E-state index contributed by atoms with van der Waals surface area (Å²) in [6.07, 6.45) is 0.655. The van der Waals surface area contributed by atoms with Crippen LogP contribution in [0.25, 0.3) is 5.69 Å². The summed E-state index contributed by atoms with van der Waals surface area (Å²) in [5, 5.41) is 11.6. The lowest BCUT2D eigenvalue weighted by Gasteiger charge is -2.10. The number of aromatic nitrogens is 4. The zero-order chi connectivity index (χ0) is 17.8. The first-order valence-corrected chi connectivity index (χ1v) is 9.96. The van der Waals surface area contributed by atoms with Crippen LogP contribution in [0.3, 0.4) is 0 Å². The van der Waals surface area contributed by atoms with Gasteiger partial charge in [-0.1, -0.05) is 42.1 Å². The van der Waals surface area contributed by atoms with Crippen LogP contribution in [-0.4, -0.2) is 19.7 Å². The summed E-state index contributed by atoms with van der Waals surface area (Å²) in [4.78, 5) is 4.31. The minimum Gasteiger partial charge on any atom is -0.274 e. The maximum atomic E-state index is 13.4. The molecule has 7 heteroatoms. The number of rotatable bonds is 6. The zero-order valence-electron chi connectivity index (χ0n) is 13.7. The first kappa shape index (κ1) is 16.9. The minimum atomic E-state index is -0.261. The van der Waals surface area contributed by atoms with Gasteiger partial charge in [0.15, 0.2) is 5.16 Å². The fraction of sp³-hybridized carbons (Fsp3) is 0.105. The van der Waals surface area contributed by atoms with Crippen LogP contribution in [0.15, 0.2) is 70.6 Å². The van der Waals surface area contributed by atoms with Crippen molar-refractivity contribution in [2.45, 2.75) is 17.3 Å². The number of hydrogen-bond acceptors (Lipinski definition) is 5. The number of benzene rings is 2. The Balaban J connectivity index is 1.68. The smallest absolute Gasteiger partial charge is 0.196 e. The number of hydrogen-bond donors (Lipinski definition) is 0. The van der Waals surface area contributed by atoms with Gasteiger partial charge in [-0.05, 0) is 29.8 Å². The highest BCUT2D eigenvalue weighted by molar-refractivity contribution is 7.98. The molecule has 0 fully saturated rings. The molecule has 0 N–H and O–H groups in total. The van der Waals surface area contributed by atoms with E-state index in [1.807, 2.05) is 33.7 Å². The van der Waals surface area contributed by atoms with E-state index in [9.17, 15) is 4.39 Å². The molecule has 26 heavy (non-hydrogen) atoms. The van der Waals surface area contributed by atoms with Gasteiger partial charge in [-0.3, -0.25) is 4.57 Å². The third kappa shape index (κ3) is 3.84. The fourth-order valence-electron chi connectivity index (χ4n) is 2.58. The summed E-state index contributed by atoms with van der Waals surface area (Å²) in [6, 6.07) is 16.5. The largest absolute Gasteiger partial charge is 0.274 e. The molecule has 0 saturated heterocycles. The maximum Gasteiger partial charge on any atom is 0.196 e. The van der Waals surface area contributed by atoms with E-state index < -0.39 is 0 Å². The van der Waals surface area contributed by atoms with E-state index in [0.717, 1.165) is 27.9 Å². The van der Waals surface area contributed by atoms with Crippen LogP contribution < -0.4 is 0 Å². The first-order chi connectivity index (χ1) is 12.8. The average molecular weight is 382 g/mol. The van der Waals surface area contributed by atoms with E-state index in [2.05, 4.69) is 27.3 Å². The van der Waals surface area contributed by atoms with Crippen molar-refractivity contribution in [1.29, 1.82) is 0 Å². The number of thioether (sulfide) groups is 1. The Morgan fingerprint density at radius 3 is 2.54 bits per heavy atom. The molecule has 0 aliphatic carbocycles. The number of thiazole rings is 1. The van der Waals surface area contributed by atoms with Crippen LogP contribution >= 0.6 is 23.1 Å². The molecule has 2 aromatic carbocycles. The predicted molar refractivity (Wildman–Crippen MR) is 102 cm³/mol. The third-order valence-electron chi connectivity index (χ3n) is 3.82. The van der Waals surface area contributed by atoms with Crippen LogP contribution in [0.4, 0.5) is 4.39 Å². The summed E-state index contributed by atoms with van der Waals surface area (Å²) in [5.74, 6) is 1.28. The molecule has 0 saturated carbocycles. The van der Waals surface area contributed by atoms with Crippen molar-refractivity contribution >= 4 is 23.1 Å². The Morgan fingerprint density at radius 2 is 1.81 bits per heavy atom. The Bertz CT molecular complexity index is 967. The van der Waals surface area contributed by atoms with Crippen molar-refractivity contribution in [2.24, 2.45) is 0 Å². The third-order valence-corrected chi connectivity index (χ3v) is 5.42. The highest BCUT2D eigenvalue weighted by Gasteiger charge is 2.15. The highest BCUT2D eigenvalue weighted by Crippen LogP contribution is 2.26. The molecule has 130 valence electrons. The van der Waals surface area contributed by atoms with Crippen molar-refractivity contribution in [3.05, 3.63) is 88.4 Å². The molecule has 2 heterocycles. The SMILES string of the molecule is Fc1ccc(-n2c(Cc3ccccc3)nnc2SCc2cscn2)cc1. The Kier molecular flexibility index (Phi) is 5.08. The van der Waals surface area contributed by atoms with Crippen LogP contribution in [-0.2, 0) is 12.2 Å². The topological polar surface area (TPSA) is 43.6 Å². The molecule has 0 bridgehead atoms. The van der Waals surface area contributed by atoms with Gasteiger partial charge in [0.25, 0.3) is 0 Å². The van der Waals surface area contributed by atoms with E-state index in [0.29, 0.717) is 12.2 Å². The molecule has 4 nitrogen and oxygen atoms in total. The lowest BCUT2D eigenvalue weighted by Crippen LogP contribution is -2.04. The van der Waals surface area contributed by atoms with Crippen molar-refractivity contribution in [2.75, 3.05) is 0 Å². The second kappa shape index (κ2) is 7.80. The van der Waals surface area contributed by atoms with Gasteiger partial charge in [0, 0.05) is 23.2 Å². The second-order valence-corrected chi connectivity index (χ2v) is 7.30. The number of nitrogens with zero attached hydrogens (tertiary/aromatic N) is 4. The minimum absolute atomic E-state index is 0.261. The Morgan fingerprint density at radius 1 is 1.00 bits per heavy atom. The quantitative estimate of drug-likeness (QED) is 0.452. The van der Waals surface area contributed by atoms with Gasteiger partial charge in [0.05, 0.1) is 11.2 Å². The van der Waals surface area contributed by atoms with Crippen LogP contribution in [0.5, 0.6) is 0 Å². The molecular weight excluding hydrogens is 367 g/mol. The summed E-state index contributed by atoms with van der Waals surface area (Å²) >= 11 is 3.15. The molecule has 0 atom stereocenters. The molecule has 2 aromatic heterocycles. The van der Waals surface area contributed by atoms with Crippen LogP contribution in [0.1, 0.15) is 17.1 Å². The van der Waals surface area contributed by atoms with Gasteiger partial charge >= 0.3 is 0 Å². The molecule has 0 spiro atoms. The predicted octanol–water partition coefficient (Wildman–Crippen LogP) is 4.75. The van der Waals surface area contributed by atoms with Crippen molar-refractivity contribution in [1.82, 2.24) is 19.7 Å². The lowest BCUT2D eigenvalue weighted by molar-refractivity contribution is 0.627. The molecule has 4 rings (SSSR count). The monoisotopic (exact) mass is 382 g/mol. The Labute approximate surface area is 158 Å². The van der Waals surface area contributed by atoms with E-state index in [1.165, 1.54) is 12.1 Å². The molecule has 0 aliphatic heterocycles. The molecule has 4 aromatic rings. The van der Waals surface area contributed by atoms with E-state index in [1.54, 1.807) is 35.2 Å². The molecule has 0 unspecified atom stereocenters. The zero-order valence-corrected chi connectivity index (χ0v) is 15.4. The highest BCUT2D eigenvalue weighted by atomic mass is 32.2. The summed E-state index contributed by atoms with van der Waals surface area (Å²) < 4.78 is 15.3. The molecule has 0 amide bonds. The summed E-state index contributed by atoms with van der Waals surface area (Å²) in [6.45, 7) is 0. The molecule has 0 aliphatic rings. The summed E-state index contributed by atoms with van der Waals surface area (Å²) in [5.41, 5.74) is 4.84. The van der Waals surface area contributed by atoms with Crippen molar-refractivity contribution < 1.29 is 4.39 Å². The normalized spacial score (nSPS) is 11.0. The van der Waals surface area contributed by atoms with Crippen molar-refractivity contribution in [3.8, 4) is 5.69 Å². The molecule has 0 radical (unpaired) electrons. The fourth-order valence-corrected chi connectivity index (χ4v) is 4.12. The standard InChI is InChI=1S/C19H15FN4S2/c20-15-6-8-17(9-7-15)24-18(10-14-4-2-1-3-5-14)22-23-19(24)26-12-16-11-25-13-21-16/h1-9,11,13H,10,12H2. The van der Waals surface area contributed by atoms with Gasteiger partial charge < -0.3 is 0 Å². The van der Waals surface area contributed by atoms with E-state index in [-0.39, 0.29) is 5.82 Å². The van der Waals surface area contributed by atoms with Gasteiger partial charge in [0.1, 0.15) is 11.6 Å². The molecular formula is C19H15FN4S2. The van der Waals surface area contributed by atoms with Crippen LogP contribution in [0, 0.1) is 5.82 Å². The lowest BCUT2D eigenvalue weighted by atomic mass is 10.1. The summed E-state index contributed by atoms with van der Waals surface area (Å²) in [7, 11) is 0. The van der Waals surface area contributed by atoms with Gasteiger partial charge in [-0.15, -0.1) is 21.5 Å². The van der Waals surface area contributed by atoms with E-state index in [4.69, 9.17) is 0 Å².